The third-order valence-corrected chi connectivity index (χ3v) is 5.41. The van der Waals surface area contributed by atoms with Crippen molar-refractivity contribution in [2.45, 2.75) is 44.2 Å². The van der Waals surface area contributed by atoms with Crippen LogP contribution >= 0.6 is 0 Å². The molecule has 2 aromatic rings. The quantitative estimate of drug-likeness (QED) is 0.924. The van der Waals surface area contributed by atoms with Crippen molar-refractivity contribution < 1.29 is 14.7 Å². The molecule has 0 spiro atoms. The van der Waals surface area contributed by atoms with Crippen LogP contribution in [-0.2, 0) is 4.79 Å². The number of benzene rings is 1. The average molecular weight is 340 g/mol. The summed E-state index contributed by atoms with van der Waals surface area (Å²) in [6.07, 6.45) is 7.71. The molecule has 1 N–H and O–H groups in total. The number of fused-ring (bicyclic) bond motifs is 1. The minimum absolute atomic E-state index is 0.0531. The fourth-order valence-electron chi connectivity index (χ4n) is 4.22. The smallest absolute Gasteiger partial charge is 0.326 e. The summed E-state index contributed by atoms with van der Waals surface area (Å²) in [6, 6.07) is 6.40. The standard InChI is InChI=1S/C18H20N4O3/c23-17(12-5-7-14(8-6-12)21-11-19-10-20-21)22-15-4-2-1-3-13(15)9-16(22)18(24)25/h5-8,10-11,13,15-16H,1-4,9H2,(H,24,25)/t13-,15+,16-/m0/s1. The number of hydrogen-bond donors (Lipinski definition) is 1. The number of carboxylic acid groups (broad SMARTS) is 1. The number of aliphatic carboxylic acids is 1. The summed E-state index contributed by atoms with van der Waals surface area (Å²) in [6.45, 7) is 0. The Morgan fingerprint density at radius 1 is 1.12 bits per heavy atom. The molecule has 1 amide bonds. The molecule has 1 aliphatic heterocycles. The molecule has 1 aromatic carbocycles. The first-order valence-electron chi connectivity index (χ1n) is 8.65. The first-order chi connectivity index (χ1) is 12.1. The van der Waals surface area contributed by atoms with Gasteiger partial charge >= 0.3 is 5.97 Å². The Balaban J connectivity index is 1.61. The van der Waals surface area contributed by atoms with Crippen LogP contribution in [0.25, 0.3) is 5.69 Å². The molecule has 3 atom stereocenters. The highest BCUT2D eigenvalue weighted by Crippen LogP contribution is 2.40. The molecule has 130 valence electrons. The minimum atomic E-state index is -0.901. The molecule has 2 fully saturated rings. The number of amides is 1. The van der Waals surface area contributed by atoms with Crippen molar-refractivity contribution in [1.29, 1.82) is 0 Å². The highest BCUT2D eigenvalue weighted by molar-refractivity contribution is 5.97. The Bertz CT molecular complexity index is 772. The van der Waals surface area contributed by atoms with Crippen molar-refractivity contribution >= 4 is 11.9 Å². The SMILES string of the molecule is O=C(O)[C@@H]1C[C@@H]2CCCC[C@H]2N1C(=O)c1ccc(-n2cncn2)cc1. The Morgan fingerprint density at radius 3 is 2.56 bits per heavy atom. The largest absolute Gasteiger partial charge is 0.480 e. The number of likely N-dealkylation sites (tertiary alicyclic amines) is 1. The predicted octanol–water partition coefficient (Wildman–Crippen LogP) is 2.13. The molecule has 7 heteroatoms. The lowest BCUT2D eigenvalue weighted by molar-refractivity contribution is -0.141. The maximum atomic E-state index is 13.0. The second-order valence-electron chi connectivity index (χ2n) is 6.80. The van der Waals surface area contributed by atoms with Crippen molar-refractivity contribution in [2.24, 2.45) is 5.92 Å². The van der Waals surface area contributed by atoms with Gasteiger partial charge in [-0.15, -0.1) is 0 Å². The molecule has 0 radical (unpaired) electrons. The molecule has 2 heterocycles. The van der Waals surface area contributed by atoms with Gasteiger partial charge in [-0.1, -0.05) is 12.8 Å². The Hall–Kier alpha value is -2.70. The van der Waals surface area contributed by atoms with E-state index < -0.39 is 12.0 Å². The maximum absolute atomic E-state index is 13.0. The van der Waals surface area contributed by atoms with Crippen molar-refractivity contribution in [3.05, 3.63) is 42.5 Å². The average Bonchev–Trinajstić information content (AvgIpc) is 3.29. The third kappa shape index (κ3) is 2.79. The summed E-state index contributed by atoms with van der Waals surface area (Å²) in [7, 11) is 0. The Labute approximate surface area is 145 Å². The highest BCUT2D eigenvalue weighted by Gasteiger charge is 2.47. The molecule has 2 aliphatic rings. The number of carbonyl (C=O) groups is 2. The number of carboxylic acids is 1. The van der Waals surface area contributed by atoms with Gasteiger partial charge in [0.05, 0.1) is 5.69 Å². The van der Waals surface area contributed by atoms with E-state index in [-0.39, 0.29) is 11.9 Å². The number of aromatic nitrogens is 3. The van der Waals surface area contributed by atoms with Gasteiger partial charge in [-0.05, 0) is 49.4 Å². The molecular formula is C18H20N4O3. The zero-order valence-corrected chi connectivity index (χ0v) is 13.8. The van der Waals surface area contributed by atoms with Gasteiger partial charge in [-0.25, -0.2) is 14.5 Å². The normalized spacial score (nSPS) is 25.6. The number of hydrogen-bond acceptors (Lipinski definition) is 4. The first-order valence-corrected chi connectivity index (χ1v) is 8.65. The van der Waals surface area contributed by atoms with Crippen molar-refractivity contribution in [3.8, 4) is 5.69 Å². The maximum Gasteiger partial charge on any atom is 0.326 e. The van der Waals surface area contributed by atoms with Crippen LogP contribution in [-0.4, -0.2) is 48.7 Å². The minimum Gasteiger partial charge on any atom is -0.480 e. The van der Waals surface area contributed by atoms with Crippen LogP contribution in [0, 0.1) is 5.92 Å². The van der Waals surface area contributed by atoms with E-state index in [1.165, 1.54) is 6.33 Å². The highest BCUT2D eigenvalue weighted by atomic mass is 16.4. The lowest BCUT2D eigenvalue weighted by atomic mass is 9.84. The van der Waals surface area contributed by atoms with E-state index in [0.717, 1.165) is 31.4 Å². The molecule has 4 rings (SSSR count). The van der Waals surface area contributed by atoms with Gasteiger partial charge in [0.1, 0.15) is 18.7 Å². The molecule has 1 aromatic heterocycles. The van der Waals surface area contributed by atoms with E-state index >= 15 is 0 Å². The predicted molar refractivity (Wildman–Crippen MR) is 89.3 cm³/mol. The van der Waals surface area contributed by atoms with Crippen LogP contribution in [0.15, 0.2) is 36.9 Å². The summed E-state index contributed by atoms with van der Waals surface area (Å²) in [5.41, 5.74) is 1.32. The van der Waals surface area contributed by atoms with Gasteiger partial charge in [-0.3, -0.25) is 4.79 Å². The number of carbonyl (C=O) groups excluding carboxylic acids is 1. The van der Waals surface area contributed by atoms with Gasteiger partial charge in [0.2, 0.25) is 0 Å². The van der Waals surface area contributed by atoms with Crippen LogP contribution in [0.3, 0.4) is 0 Å². The van der Waals surface area contributed by atoms with Gasteiger partial charge in [0.15, 0.2) is 0 Å². The zero-order valence-electron chi connectivity index (χ0n) is 13.8. The van der Waals surface area contributed by atoms with Crippen LogP contribution in [0.5, 0.6) is 0 Å². The third-order valence-electron chi connectivity index (χ3n) is 5.41. The monoisotopic (exact) mass is 340 g/mol. The topological polar surface area (TPSA) is 88.3 Å². The molecule has 0 unspecified atom stereocenters. The summed E-state index contributed by atoms with van der Waals surface area (Å²) in [5.74, 6) is -0.776. The molecule has 1 saturated heterocycles. The van der Waals surface area contributed by atoms with E-state index in [0.29, 0.717) is 17.9 Å². The molecule has 25 heavy (non-hydrogen) atoms. The summed E-state index contributed by atoms with van der Waals surface area (Å²) in [5, 5.41) is 13.6. The molecule has 7 nitrogen and oxygen atoms in total. The van der Waals surface area contributed by atoms with E-state index in [1.54, 1.807) is 40.2 Å². The van der Waals surface area contributed by atoms with Gasteiger partial charge in [0.25, 0.3) is 5.91 Å². The molecular weight excluding hydrogens is 320 g/mol. The fourth-order valence-corrected chi connectivity index (χ4v) is 4.22. The van der Waals surface area contributed by atoms with Crippen LogP contribution in [0.1, 0.15) is 42.5 Å². The van der Waals surface area contributed by atoms with Crippen molar-refractivity contribution in [2.75, 3.05) is 0 Å². The van der Waals surface area contributed by atoms with Gasteiger partial charge in [0, 0.05) is 11.6 Å². The van der Waals surface area contributed by atoms with Crippen molar-refractivity contribution in [1.82, 2.24) is 19.7 Å². The second kappa shape index (κ2) is 6.31. The molecule has 1 saturated carbocycles. The fraction of sp³-hybridized carbons (Fsp3) is 0.444. The number of nitrogens with zero attached hydrogens (tertiary/aromatic N) is 4. The van der Waals surface area contributed by atoms with Gasteiger partial charge in [-0.2, -0.15) is 5.10 Å². The Kier molecular flexibility index (Phi) is 3.99. The zero-order chi connectivity index (χ0) is 17.4. The Morgan fingerprint density at radius 2 is 1.88 bits per heavy atom. The van der Waals surface area contributed by atoms with Crippen LogP contribution in [0.4, 0.5) is 0 Å². The molecule has 1 aliphatic carbocycles. The first kappa shape index (κ1) is 15.8. The van der Waals surface area contributed by atoms with Gasteiger partial charge < -0.3 is 10.0 Å². The lowest BCUT2D eigenvalue weighted by Crippen LogP contribution is -2.46. The van der Waals surface area contributed by atoms with E-state index in [2.05, 4.69) is 10.1 Å². The molecule has 0 bridgehead atoms. The van der Waals surface area contributed by atoms with E-state index in [1.807, 2.05) is 0 Å². The number of rotatable bonds is 3. The van der Waals surface area contributed by atoms with Crippen LogP contribution < -0.4 is 0 Å². The summed E-state index contributed by atoms with van der Waals surface area (Å²) >= 11 is 0. The van der Waals surface area contributed by atoms with Crippen LogP contribution in [0.2, 0.25) is 0 Å². The summed E-state index contributed by atoms with van der Waals surface area (Å²) in [4.78, 5) is 30.3. The summed E-state index contributed by atoms with van der Waals surface area (Å²) < 4.78 is 1.61. The van der Waals surface area contributed by atoms with E-state index in [4.69, 9.17) is 0 Å². The lowest BCUT2D eigenvalue weighted by Gasteiger charge is -2.33. The van der Waals surface area contributed by atoms with E-state index in [9.17, 15) is 14.7 Å². The van der Waals surface area contributed by atoms with Crippen molar-refractivity contribution in [3.63, 3.8) is 0 Å². The second-order valence-corrected chi connectivity index (χ2v) is 6.80.